The molecule has 1 aromatic carbocycles. The van der Waals surface area contributed by atoms with Gasteiger partial charge in [-0.2, -0.15) is 0 Å². The summed E-state index contributed by atoms with van der Waals surface area (Å²) in [6, 6.07) is 11.9. The van der Waals surface area contributed by atoms with Crippen molar-refractivity contribution in [1.29, 1.82) is 0 Å². The van der Waals surface area contributed by atoms with Crippen molar-refractivity contribution in [2.75, 3.05) is 17.7 Å². The van der Waals surface area contributed by atoms with E-state index in [0.29, 0.717) is 0 Å². The van der Waals surface area contributed by atoms with Crippen molar-refractivity contribution >= 4 is 22.5 Å². The number of hydrogen-bond acceptors (Lipinski definition) is 4. The van der Waals surface area contributed by atoms with Crippen LogP contribution in [0.5, 0.6) is 0 Å². The summed E-state index contributed by atoms with van der Waals surface area (Å²) in [4.78, 5) is 6.61. The molecule has 0 saturated carbocycles. The Kier molecular flexibility index (Phi) is 3.06. The molecule has 0 aliphatic rings. The number of benzene rings is 1. The summed E-state index contributed by atoms with van der Waals surface area (Å²) in [7, 11) is 2.03. The topological polar surface area (TPSA) is 55.3 Å². The van der Waals surface area contributed by atoms with Crippen LogP contribution in [0.2, 0.25) is 0 Å². The molecule has 0 amide bonds. The van der Waals surface area contributed by atoms with Gasteiger partial charge in [-0.15, -0.1) is 0 Å². The van der Waals surface area contributed by atoms with Crippen LogP contribution in [0.3, 0.4) is 0 Å². The van der Waals surface area contributed by atoms with Crippen LogP contribution in [0.1, 0.15) is 18.5 Å². The molecule has 2 N–H and O–H groups in total. The van der Waals surface area contributed by atoms with E-state index < -0.39 is 0 Å². The fraction of sp³-hybridized carbons (Fsp3) is 0.188. The summed E-state index contributed by atoms with van der Waals surface area (Å²) in [6.07, 6.45) is 3.46. The first-order chi connectivity index (χ1) is 9.66. The number of pyridine rings is 1. The molecule has 0 saturated heterocycles. The minimum Gasteiger partial charge on any atom is -0.464 e. The minimum atomic E-state index is 0.173. The zero-order valence-electron chi connectivity index (χ0n) is 11.6. The number of aromatic nitrogens is 1. The molecule has 2 aromatic heterocycles. The Hall–Kier alpha value is -2.49. The number of rotatable bonds is 3. The highest BCUT2D eigenvalue weighted by molar-refractivity contribution is 5.88. The highest BCUT2D eigenvalue weighted by Crippen LogP contribution is 2.30. The summed E-state index contributed by atoms with van der Waals surface area (Å²) in [5.74, 6) is 0.908. The Morgan fingerprint density at radius 3 is 2.90 bits per heavy atom. The number of nitrogen functional groups attached to an aromatic ring is 1. The molecule has 4 nitrogen and oxygen atoms in total. The van der Waals surface area contributed by atoms with Crippen molar-refractivity contribution in [2.24, 2.45) is 0 Å². The van der Waals surface area contributed by atoms with Gasteiger partial charge in [0, 0.05) is 18.9 Å². The van der Waals surface area contributed by atoms with E-state index in [2.05, 4.69) is 22.9 Å². The van der Waals surface area contributed by atoms with Gasteiger partial charge in [0.05, 0.1) is 17.7 Å². The second-order valence-corrected chi connectivity index (χ2v) is 4.92. The van der Waals surface area contributed by atoms with Crippen molar-refractivity contribution in [3.63, 3.8) is 0 Å². The standard InChI is InChI=1S/C16H17N3O/c1-11(12-4-3-5-13(17)10-12)19(2)16-14-7-9-20-15(14)6-8-18-16/h3-11H,17H2,1-2H3. The highest BCUT2D eigenvalue weighted by Gasteiger charge is 2.16. The zero-order valence-corrected chi connectivity index (χ0v) is 11.6. The molecule has 0 bridgehead atoms. The molecule has 3 aromatic rings. The smallest absolute Gasteiger partial charge is 0.139 e. The predicted molar refractivity (Wildman–Crippen MR) is 81.7 cm³/mol. The maximum atomic E-state index is 5.86. The van der Waals surface area contributed by atoms with Crippen LogP contribution in [0.15, 0.2) is 53.3 Å². The van der Waals surface area contributed by atoms with E-state index in [-0.39, 0.29) is 6.04 Å². The van der Waals surface area contributed by atoms with Crippen LogP contribution in [0, 0.1) is 0 Å². The third kappa shape index (κ3) is 2.09. The number of furan rings is 1. The molecule has 0 radical (unpaired) electrons. The van der Waals surface area contributed by atoms with Gasteiger partial charge >= 0.3 is 0 Å². The summed E-state index contributed by atoms with van der Waals surface area (Å²) >= 11 is 0. The normalized spacial score (nSPS) is 12.5. The van der Waals surface area contributed by atoms with Crippen LogP contribution in [-0.2, 0) is 0 Å². The minimum absolute atomic E-state index is 0.173. The van der Waals surface area contributed by atoms with Crippen LogP contribution < -0.4 is 10.6 Å². The summed E-state index contributed by atoms with van der Waals surface area (Å²) < 4.78 is 5.43. The Bertz CT molecular complexity index is 735. The lowest BCUT2D eigenvalue weighted by molar-refractivity contribution is 0.615. The maximum Gasteiger partial charge on any atom is 0.139 e. The first kappa shape index (κ1) is 12.5. The Morgan fingerprint density at radius 2 is 2.10 bits per heavy atom. The number of nitrogens with two attached hydrogens (primary N) is 1. The molecule has 0 aliphatic carbocycles. The summed E-state index contributed by atoms with van der Waals surface area (Å²) in [6.45, 7) is 2.13. The average molecular weight is 267 g/mol. The SMILES string of the molecule is CC(c1cccc(N)c1)N(C)c1nccc2occc12. The van der Waals surface area contributed by atoms with Crippen molar-refractivity contribution < 1.29 is 4.42 Å². The molecule has 0 fully saturated rings. The highest BCUT2D eigenvalue weighted by atomic mass is 16.3. The molecule has 102 valence electrons. The van der Waals surface area contributed by atoms with Gasteiger partial charge in [-0.05, 0) is 36.8 Å². The monoisotopic (exact) mass is 267 g/mol. The predicted octanol–water partition coefficient (Wildman–Crippen LogP) is 3.61. The average Bonchev–Trinajstić information content (AvgIpc) is 2.94. The van der Waals surface area contributed by atoms with Crippen LogP contribution in [0.4, 0.5) is 11.5 Å². The molecule has 1 unspecified atom stereocenters. The largest absolute Gasteiger partial charge is 0.464 e. The van der Waals surface area contributed by atoms with E-state index >= 15 is 0 Å². The van der Waals surface area contributed by atoms with Crippen molar-refractivity contribution in [3.8, 4) is 0 Å². The first-order valence-electron chi connectivity index (χ1n) is 6.57. The Labute approximate surface area is 117 Å². The van der Waals surface area contributed by atoms with E-state index in [4.69, 9.17) is 10.2 Å². The number of anilines is 2. The molecule has 1 atom stereocenters. The number of fused-ring (bicyclic) bond motifs is 1. The number of hydrogen-bond donors (Lipinski definition) is 1. The lowest BCUT2D eigenvalue weighted by Gasteiger charge is -2.27. The molecule has 4 heteroatoms. The lowest BCUT2D eigenvalue weighted by atomic mass is 10.1. The van der Waals surface area contributed by atoms with Crippen molar-refractivity contribution in [2.45, 2.75) is 13.0 Å². The van der Waals surface area contributed by atoms with E-state index in [1.807, 2.05) is 37.4 Å². The van der Waals surface area contributed by atoms with Gasteiger partial charge in [0.2, 0.25) is 0 Å². The first-order valence-corrected chi connectivity index (χ1v) is 6.57. The van der Waals surface area contributed by atoms with E-state index in [1.165, 1.54) is 0 Å². The molecule has 2 heterocycles. The van der Waals surface area contributed by atoms with Gasteiger partial charge in [-0.25, -0.2) is 4.98 Å². The van der Waals surface area contributed by atoms with Crippen molar-refractivity contribution in [3.05, 3.63) is 54.4 Å². The quantitative estimate of drug-likeness (QED) is 0.736. The summed E-state index contributed by atoms with van der Waals surface area (Å²) in [5, 5.41) is 1.02. The van der Waals surface area contributed by atoms with Gasteiger partial charge in [0.1, 0.15) is 11.4 Å². The Balaban J connectivity index is 1.99. The third-order valence-corrected chi connectivity index (χ3v) is 3.67. The molecule has 0 aliphatic heterocycles. The van der Waals surface area contributed by atoms with Gasteiger partial charge in [0.15, 0.2) is 0 Å². The van der Waals surface area contributed by atoms with Crippen LogP contribution in [0.25, 0.3) is 11.0 Å². The van der Waals surface area contributed by atoms with E-state index in [9.17, 15) is 0 Å². The maximum absolute atomic E-state index is 5.86. The lowest BCUT2D eigenvalue weighted by Crippen LogP contribution is -2.22. The van der Waals surface area contributed by atoms with Gasteiger partial charge < -0.3 is 15.1 Å². The van der Waals surface area contributed by atoms with Crippen LogP contribution in [-0.4, -0.2) is 12.0 Å². The van der Waals surface area contributed by atoms with Gasteiger partial charge in [-0.1, -0.05) is 12.1 Å². The molecule has 0 spiro atoms. The van der Waals surface area contributed by atoms with Gasteiger partial charge in [-0.3, -0.25) is 0 Å². The van der Waals surface area contributed by atoms with Crippen molar-refractivity contribution in [1.82, 2.24) is 4.98 Å². The summed E-state index contributed by atoms with van der Waals surface area (Å²) in [5.41, 5.74) is 8.65. The zero-order chi connectivity index (χ0) is 14.1. The third-order valence-electron chi connectivity index (χ3n) is 3.67. The fourth-order valence-corrected chi connectivity index (χ4v) is 2.39. The second kappa shape index (κ2) is 4.89. The van der Waals surface area contributed by atoms with E-state index in [0.717, 1.165) is 28.0 Å². The fourth-order valence-electron chi connectivity index (χ4n) is 2.39. The van der Waals surface area contributed by atoms with Gasteiger partial charge in [0.25, 0.3) is 0 Å². The Morgan fingerprint density at radius 1 is 1.25 bits per heavy atom. The molecule has 20 heavy (non-hydrogen) atoms. The van der Waals surface area contributed by atoms with E-state index in [1.54, 1.807) is 12.5 Å². The number of nitrogens with zero attached hydrogens (tertiary/aromatic N) is 2. The molecular weight excluding hydrogens is 250 g/mol. The van der Waals surface area contributed by atoms with Crippen LogP contribution >= 0.6 is 0 Å². The molecular formula is C16H17N3O. The molecule has 3 rings (SSSR count). The second-order valence-electron chi connectivity index (χ2n) is 4.92.